The average Bonchev–Trinajstić information content (AvgIpc) is 2.85. The number of hydrogen-bond donors (Lipinski definition) is 2. The Morgan fingerprint density at radius 1 is 1.60 bits per heavy atom. The molecule has 0 radical (unpaired) electrons. The molecule has 82 valence electrons. The predicted octanol–water partition coefficient (Wildman–Crippen LogP) is 2.42. The van der Waals surface area contributed by atoms with Gasteiger partial charge in [0, 0.05) is 12.1 Å². The van der Waals surface area contributed by atoms with Crippen molar-refractivity contribution in [3.63, 3.8) is 0 Å². The second kappa shape index (κ2) is 4.35. The number of nitrogens with two attached hydrogens (primary N) is 1. The van der Waals surface area contributed by atoms with Crippen LogP contribution in [0.25, 0.3) is 0 Å². The smallest absolute Gasteiger partial charge is 0.225 e. The van der Waals surface area contributed by atoms with E-state index in [2.05, 4.69) is 38.1 Å². The summed E-state index contributed by atoms with van der Waals surface area (Å²) < 4.78 is 0.719. The fourth-order valence-electron chi connectivity index (χ4n) is 1.63. The molecule has 1 aliphatic rings. The molecule has 2 rings (SSSR count). The van der Waals surface area contributed by atoms with E-state index in [1.165, 1.54) is 19.3 Å². The van der Waals surface area contributed by atoms with Crippen LogP contribution < -0.4 is 11.1 Å². The first-order valence-corrected chi connectivity index (χ1v) is 5.99. The first kappa shape index (κ1) is 10.7. The quantitative estimate of drug-likeness (QED) is 0.825. The van der Waals surface area contributed by atoms with Crippen molar-refractivity contribution in [2.45, 2.75) is 32.2 Å². The van der Waals surface area contributed by atoms with E-state index in [9.17, 15) is 0 Å². The van der Waals surface area contributed by atoms with E-state index in [0.717, 1.165) is 10.5 Å². The molecule has 0 saturated heterocycles. The van der Waals surface area contributed by atoms with E-state index in [1.807, 2.05) is 0 Å². The summed E-state index contributed by atoms with van der Waals surface area (Å²) in [6, 6.07) is 2.10. The van der Waals surface area contributed by atoms with Gasteiger partial charge in [0.25, 0.3) is 0 Å². The van der Waals surface area contributed by atoms with Crippen LogP contribution in [-0.4, -0.2) is 16.0 Å². The second-order valence-corrected chi connectivity index (χ2v) is 4.98. The first-order valence-electron chi connectivity index (χ1n) is 5.20. The molecule has 15 heavy (non-hydrogen) atoms. The third-order valence-corrected chi connectivity index (χ3v) is 2.88. The van der Waals surface area contributed by atoms with Crippen molar-refractivity contribution >= 4 is 27.7 Å². The van der Waals surface area contributed by atoms with E-state index in [-0.39, 0.29) is 0 Å². The SMILES string of the molecule is CC(CC1CC1)Nc1nc(N)cc(Br)n1. The lowest BCUT2D eigenvalue weighted by Gasteiger charge is -2.13. The highest BCUT2D eigenvalue weighted by atomic mass is 79.9. The van der Waals surface area contributed by atoms with Crippen LogP contribution in [0.1, 0.15) is 26.2 Å². The second-order valence-electron chi connectivity index (χ2n) is 4.16. The lowest BCUT2D eigenvalue weighted by molar-refractivity contribution is 0.637. The van der Waals surface area contributed by atoms with Gasteiger partial charge in [0.05, 0.1) is 0 Å². The van der Waals surface area contributed by atoms with Crippen molar-refractivity contribution in [1.29, 1.82) is 0 Å². The molecule has 1 saturated carbocycles. The van der Waals surface area contributed by atoms with Crippen LogP contribution >= 0.6 is 15.9 Å². The maximum absolute atomic E-state index is 5.63. The topological polar surface area (TPSA) is 63.8 Å². The van der Waals surface area contributed by atoms with E-state index in [0.29, 0.717) is 17.8 Å². The number of halogens is 1. The minimum atomic E-state index is 0.409. The van der Waals surface area contributed by atoms with Crippen LogP contribution in [0, 0.1) is 5.92 Å². The van der Waals surface area contributed by atoms with E-state index >= 15 is 0 Å². The van der Waals surface area contributed by atoms with Gasteiger partial charge in [-0.15, -0.1) is 0 Å². The van der Waals surface area contributed by atoms with Gasteiger partial charge < -0.3 is 11.1 Å². The van der Waals surface area contributed by atoms with Crippen LogP contribution in [0.3, 0.4) is 0 Å². The number of aromatic nitrogens is 2. The highest BCUT2D eigenvalue weighted by molar-refractivity contribution is 9.10. The Labute approximate surface area is 97.8 Å². The summed E-state index contributed by atoms with van der Waals surface area (Å²) in [5.41, 5.74) is 5.63. The van der Waals surface area contributed by atoms with Crippen LogP contribution in [0.5, 0.6) is 0 Å². The Kier molecular flexibility index (Phi) is 3.09. The average molecular weight is 271 g/mol. The summed E-state index contributed by atoms with van der Waals surface area (Å²) in [5.74, 6) is 1.99. The number of anilines is 2. The summed E-state index contributed by atoms with van der Waals surface area (Å²) in [5, 5.41) is 3.26. The minimum Gasteiger partial charge on any atom is -0.383 e. The van der Waals surface area contributed by atoms with E-state index < -0.39 is 0 Å². The van der Waals surface area contributed by atoms with Gasteiger partial charge in [0.1, 0.15) is 10.4 Å². The fourth-order valence-corrected chi connectivity index (χ4v) is 2.03. The van der Waals surface area contributed by atoms with Crippen molar-refractivity contribution in [2.75, 3.05) is 11.1 Å². The van der Waals surface area contributed by atoms with Crippen LogP contribution in [-0.2, 0) is 0 Å². The molecule has 0 bridgehead atoms. The summed E-state index contributed by atoms with van der Waals surface area (Å²) in [7, 11) is 0. The van der Waals surface area contributed by atoms with Gasteiger partial charge in [-0.05, 0) is 35.2 Å². The normalized spacial score (nSPS) is 17.5. The summed E-state index contributed by atoms with van der Waals surface area (Å²) in [6.45, 7) is 2.15. The zero-order chi connectivity index (χ0) is 10.8. The monoisotopic (exact) mass is 270 g/mol. The summed E-state index contributed by atoms with van der Waals surface area (Å²) in [6.07, 6.45) is 3.93. The van der Waals surface area contributed by atoms with Gasteiger partial charge >= 0.3 is 0 Å². The summed E-state index contributed by atoms with van der Waals surface area (Å²) in [4.78, 5) is 8.34. The maximum atomic E-state index is 5.63. The molecule has 1 atom stereocenters. The van der Waals surface area contributed by atoms with Crippen LogP contribution in [0.4, 0.5) is 11.8 Å². The zero-order valence-corrected chi connectivity index (χ0v) is 10.3. The summed E-state index contributed by atoms with van der Waals surface area (Å²) >= 11 is 3.29. The van der Waals surface area contributed by atoms with Crippen LogP contribution in [0.15, 0.2) is 10.7 Å². The molecule has 1 unspecified atom stereocenters. The lowest BCUT2D eigenvalue weighted by atomic mass is 10.2. The third-order valence-electron chi connectivity index (χ3n) is 2.47. The van der Waals surface area contributed by atoms with Crippen molar-refractivity contribution in [3.05, 3.63) is 10.7 Å². The molecule has 1 fully saturated rings. The fraction of sp³-hybridized carbons (Fsp3) is 0.600. The molecule has 1 aromatic rings. The lowest BCUT2D eigenvalue weighted by Crippen LogP contribution is -2.18. The Balaban J connectivity index is 1.96. The molecule has 0 aliphatic heterocycles. The van der Waals surface area contributed by atoms with Crippen molar-refractivity contribution in [1.82, 2.24) is 9.97 Å². The standard InChI is InChI=1S/C10H15BrN4/c1-6(4-7-2-3-7)13-10-14-8(11)5-9(12)15-10/h5-7H,2-4H2,1H3,(H3,12,13,14,15). The molecule has 1 heterocycles. The van der Waals surface area contributed by atoms with Crippen LogP contribution in [0.2, 0.25) is 0 Å². The molecular weight excluding hydrogens is 256 g/mol. The molecule has 0 spiro atoms. The molecule has 5 heteroatoms. The van der Waals surface area contributed by atoms with Crippen molar-refractivity contribution in [2.24, 2.45) is 5.92 Å². The maximum Gasteiger partial charge on any atom is 0.225 e. The van der Waals surface area contributed by atoms with Gasteiger partial charge in [-0.2, -0.15) is 4.98 Å². The Bertz CT molecular complexity index is 331. The van der Waals surface area contributed by atoms with Gasteiger partial charge in [0.2, 0.25) is 5.95 Å². The highest BCUT2D eigenvalue weighted by Gasteiger charge is 2.23. The Morgan fingerprint density at radius 2 is 2.33 bits per heavy atom. The zero-order valence-electron chi connectivity index (χ0n) is 8.70. The van der Waals surface area contributed by atoms with Crippen molar-refractivity contribution in [3.8, 4) is 0 Å². The van der Waals surface area contributed by atoms with Gasteiger partial charge in [-0.25, -0.2) is 4.98 Å². The Morgan fingerprint density at radius 3 is 2.93 bits per heavy atom. The molecule has 0 amide bonds. The molecule has 4 nitrogen and oxygen atoms in total. The van der Waals surface area contributed by atoms with Crippen molar-refractivity contribution < 1.29 is 0 Å². The number of hydrogen-bond acceptors (Lipinski definition) is 4. The predicted molar refractivity (Wildman–Crippen MR) is 64.6 cm³/mol. The number of nitrogens with zero attached hydrogens (tertiary/aromatic N) is 2. The largest absolute Gasteiger partial charge is 0.383 e. The van der Waals surface area contributed by atoms with Gasteiger partial charge in [0.15, 0.2) is 0 Å². The molecule has 1 aromatic heterocycles. The van der Waals surface area contributed by atoms with Gasteiger partial charge in [-0.3, -0.25) is 0 Å². The van der Waals surface area contributed by atoms with E-state index in [4.69, 9.17) is 5.73 Å². The number of nitrogens with one attached hydrogen (secondary N) is 1. The van der Waals surface area contributed by atoms with Gasteiger partial charge in [-0.1, -0.05) is 12.8 Å². The molecule has 1 aliphatic carbocycles. The molecular formula is C10H15BrN4. The van der Waals surface area contributed by atoms with E-state index in [1.54, 1.807) is 6.07 Å². The highest BCUT2D eigenvalue weighted by Crippen LogP contribution is 2.33. The third kappa shape index (κ3) is 3.34. The first-order chi connectivity index (χ1) is 7.13. The molecule has 0 aromatic carbocycles. The Hall–Kier alpha value is -0.840. The molecule has 3 N–H and O–H groups in total. The minimum absolute atomic E-state index is 0.409. The number of nitrogen functional groups attached to an aromatic ring is 1. The number of rotatable bonds is 4.